The predicted octanol–water partition coefficient (Wildman–Crippen LogP) is 1.67. The van der Waals surface area contributed by atoms with Crippen LogP contribution in [-0.2, 0) is 5.88 Å². The molecule has 0 fully saturated rings. The number of aromatic nitrogens is 1. The summed E-state index contributed by atoms with van der Waals surface area (Å²) < 4.78 is 6.90. The maximum atomic E-state index is 5.08. The van der Waals surface area contributed by atoms with Gasteiger partial charge >= 0.3 is 0 Å². The Hall–Kier alpha value is -0.440. The average molecular weight is 158 g/mol. The zero-order valence-electron chi connectivity index (χ0n) is 6.12. The van der Waals surface area contributed by atoms with Gasteiger partial charge in [0.2, 0.25) is 12.1 Å². The third kappa shape index (κ3) is 2.43. The number of rotatable bonds is 4. The molecule has 0 spiro atoms. The SMILES string of the molecule is CCCSC[n+]1ccco1. The molecular formula is C7H12NOS+. The fourth-order valence-electron chi connectivity index (χ4n) is 0.652. The molecule has 3 heteroatoms. The summed E-state index contributed by atoms with van der Waals surface area (Å²) in [5, 5.41) is 0. The molecule has 0 atom stereocenters. The van der Waals surface area contributed by atoms with Crippen molar-refractivity contribution in [1.82, 2.24) is 0 Å². The first-order chi connectivity index (χ1) is 4.93. The summed E-state index contributed by atoms with van der Waals surface area (Å²) in [5.41, 5.74) is 0. The van der Waals surface area contributed by atoms with E-state index in [9.17, 15) is 0 Å². The van der Waals surface area contributed by atoms with Crippen LogP contribution in [0.5, 0.6) is 0 Å². The first kappa shape index (κ1) is 7.66. The molecule has 0 aromatic carbocycles. The topological polar surface area (TPSA) is 17.0 Å². The summed E-state index contributed by atoms with van der Waals surface area (Å²) in [6, 6.07) is 1.90. The Bertz CT molecular complexity index is 162. The third-order valence-electron chi connectivity index (χ3n) is 1.09. The highest BCUT2D eigenvalue weighted by Gasteiger charge is 1.99. The van der Waals surface area contributed by atoms with Crippen LogP contribution in [0, 0.1) is 0 Å². The molecule has 56 valence electrons. The van der Waals surface area contributed by atoms with Crippen LogP contribution < -0.4 is 4.74 Å². The lowest BCUT2D eigenvalue weighted by Gasteiger charge is -1.88. The number of nitrogens with zero attached hydrogens (tertiary/aromatic N) is 1. The molecule has 0 unspecified atom stereocenters. The summed E-state index contributed by atoms with van der Waals surface area (Å²) in [5.74, 6) is 2.13. The van der Waals surface area contributed by atoms with Crippen molar-refractivity contribution in [2.24, 2.45) is 0 Å². The van der Waals surface area contributed by atoms with Gasteiger partial charge in [-0.05, 0) is 16.9 Å². The molecule has 1 rings (SSSR count). The fraction of sp³-hybridized carbons (Fsp3) is 0.571. The van der Waals surface area contributed by atoms with Gasteiger partial charge in [0.15, 0.2) is 6.26 Å². The molecule has 0 N–H and O–H groups in total. The van der Waals surface area contributed by atoms with E-state index in [4.69, 9.17) is 4.52 Å². The van der Waals surface area contributed by atoms with Gasteiger partial charge in [0.25, 0.3) is 0 Å². The normalized spacial score (nSPS) is 10.1. The second kappa shape index (κ2) is 4.39. The van der Waals surface area contributed by atoms with Crippen molar-refractivity contribution >= 4 is 11.8 Å². The minimum Gasteiger partial charge on any atom is -0.244 e. The maximum Gasteiger partial charge on any atom is 0.239 e. The highest BCUT2D eigenvalue weighted by Crippen LogP contribution is 2.00. The number of hydrogen-bond donors (Lipinski definition) is 0. The van der Waals surface area contributed by atoms with Crippen molar-refractivity contribution in [1.29, 1.82) is 0 Å². The molecule has 0 bridgehead atoms. The van der Waals surface area contributed by atoms with Crippen molar-refractivity contribution in [3.05, 3.63) is 18.5 Å². The van der Waals surface area contributed by atoms with E-state index in [1.807, 2.05) is 28.8 Å². The standard InChI is InChI=1S/C7H12NOS/c1-2-6-10-7-8-4-3-5-9-8/h3-5H,2,6-7H2,1H3/q+1. The molecule has 1 aromatic rings. The quantitative estimate of drug-likeness (QED) is 0.489. The molecule has 1 heterocycles. The van der Waals surface area contributed by atoms with Crippen LogP contribution in [0.2, 0.25) is 0 Å². The summed E-state index contributed by atoms with van der Waals surface area (Å²) in [6.07, 6.45) is 4.85. The van der Waals surface area contributed by atoms with E-state index >= 15 is 0 Å². The minimum absolute atomic E-state index is 0.931. The van der Waals surface area contributed by atoms with E-state index in [0.29, 0.717) is 0 Å². The Kier molecular flexibility index (Phi) is 3.36. The van der Waals surface area contributed by atoms with E-state index < -0.39 is 0 Å². The van der Waals surface area contributed by atoms with Gasteiger partial charge in [-0.1, -0.05) is 18.7 Å². The van der Waals surface area contributed by atoms with Crippen LogP contribution in [0.1, 0.15) is 13.3 Å². The van der Waals surface area contributed by atoms with Gasteiger partial charge in [-0.2, -0.15) is 0 Å². The number of hydrogen-bond acceptors (Lipinski definition) is 2. The lowest BCUT2D eigenvalue weighted by atomic mass is 10.6. The summed E-state index contributed by atoms with van der Waals surface area (Å²) in [6.45, 7) is 2.18. The summed E-state index contributed by atoms with van der Waals surface area (Å²) >= 11 is 1.88. The van der Waals surface area contributed by atoms with Gasteiger partial charge in [0, 0.05) is 6.07 Å². The minimum atomic E-state index is 0.931. The molecule has 1 aromatic heterocycles. The fourth-order valence-corrected chi connectivity index (χ4v) is 1.40. The van der Waals surface area contributed by atoms with E-state index in [1.165, 1.54) is 12.2 Å². The second-order valence-electron chi connectivity index (χ2n) is 2.04. The maximum absolute atomic E-state index is 5.08. The first-order valence-electron chi connectivity index (χ1n) is 3.44. The zero-order chi connectivity index (χ0) is 7.23. The molecule has 0 saturated carbocycles. The largest absolute Gasteiger partial charge is 0.244 e. The first-order valence-corrected chi connectivity index (χ1v) is 4.60. The van der Waals surface area contributed by atoms with Crippen LogP contribution in [0.25, 0.3) is 0 Å². The summed E-state index contributed by atoms with van der Waals surface area (Å²) in [4.78, 5) is 0. The van der Waals surface area contributed by atoms with E-state index in [-0.39, 0.29) is 0 Å². The van der Waals surface area contributed by atoms with Crippen molar-refractivity contribution < 1.29 is 9.26 Å². The van der Waals surface area contributed by atoms with Gasteiger partial charge in [0.1, 0.15) is 0 Å². The smallest absolute Gasteiger partial charge is 0.239 e. The van der Waals surface area contributed by atoms with Crippen LogP contribution in [0.4, 0.5) is 0 Å². The lowest BCUT2D eigenvalue weighted by Crippen LogP contribution is -2.28. The van der Waals surface area contributed by atoms with Crippen molar-refractivity contribution in [3.8, 4) is 0 Å². The molecule has 0 radical (unpaired) electrons. The van der Waals surface area contributed by atoms with Gasteiger partial charge < -0.3 is 0 Å². The molecule has 2 nitrogen and oxygen atoms in total. The Morgan fingerprint density at radius 2 is 2.50 bits per heavy atom. The van der Waals surface area contributed by atoms with Gasteiger partial charge in [0.05, 0.1) is 0 Å². The van der Waals surface area contributed by atoms with E-state index in [0.717, 1.165) is 5.88 Å². The monoisotopic (exact) mass is 158 g/mol. The van der Waals surface area contributed by atoms with Crippen LogP contribution in [0.15, 0.2) is 23.0 Å². The van der Waals surface area contributed by atoms with Gasteiger partial charge in [-0.15, -0.1) is 0 Å². The van der Waals surface area contributed by atoms with Crippen LogP contribution in [0.3, 0.4) is 0 Å². The zero-order valence-corrected chi connectivity index (χ0v) is 6.93. The molecule has 0 saturated heterocycles. The van der Waals surface area contributed by atoms with Gasteiger partial charge in [-0.25, -0.2) is 4.52 Å². The average Bonchev–Trinajstić information content (AvgIpc) is 2.41. The second-order valence-corrected chi connectivity index (χ2v) is 3.11. The van der Waals surface area contributed by atoms with E-state index in [1.54, 1.807) is 6.26 Å². The van der Waals surface area contributed by atoms with Crippen LogP contribution in [-0.4, -0.2) is 5.75 Å². The van der Waals surface area contributed by atoms with Crippen molar-refractivity contribution in [3.63, 3.8) is 0 Å². The molecule has 0 aliphatic rings. The Labute approximate surface area is 65.2 Å². The van der Waals surface area contributed by atoms with E-state index in [2.05, 4.69) is 6.92 Å². The predicted molar refractivity (Wildman–Crippen MR) is 41.7 cm³/mol. The van der Waals surface area contributed by atoms with Crippen molar-refractivity contribution in [2.45, 2.75) is 19.2 Å². The van der Waals surface area contributed by atoms with Crippen LogP contribution >= 0.6 is 11.8 Å². The summed E-state index contributed by atoms with van der Waals surface area (Å²) in [7, 11) is 0. The highest BCUT2D eigenvalue weighted by molar-refractivity contribution is 7.98. The van der Waals surface area contributed by atoms with Crippen molar-refractivity contribution in [2.75, 3.05) is 5.75 Å². The highest BCUT2D eigenvalue weighted by atomic mass is 32.2. The Morgan fingerprint density at radius 3 is 3.10 bits per heavy atom. The molecule has 10 heavy (non-hydrogen) atoms. The number of thioether (sulfide) groups is 1. The molecule has 0 amide bonds. The Balaban J connectivity index is 2.15. The molecular weight excluding hydrogens is 146 g/mol. The molecule has 0 aliphatic heterocycles. The lowest BCUT2D eigenvalue weighted by molar-refractivity contribution is -0.848. The van der Waals surface area contributed by atoms with Gasteiger partial charge in [-0.3, -0.25) is 0 Å². The Morgan fingerprint density at radius 1 is 1.60 bits per heavy atom. The third-order valence-corrected chi connectivity index (χ3v) is 2.23. The molecule has 0 aliphatic carbocycles.